The highest BCUT2D eigenvalue weighted by Crippen LogP contribution is 2.34. The van der Waals surface area contributed by atoms with E-state index in [4.69, 9.17) is 4.98 Å². The Hall–Kier alpha value is -2.62. The third-order valence-corrected chi connectivity index (χ3v) is 5.41. The van der Waals surface area contributed by atoms with Gasteiger partial charge in [0.1, 0.15) is 5.82 Å². The molecule has 1 aromatic heterocycles. The first-order valence-corrected chi connectivity index (χ1v) is 9.64. The maximum absolute atomic E-state index is 12.6. The van der Waals surface area contributed by atoms with Crippen molar-refractivity contribution in [1.29, 1.82) is 0 Å². The van der Waals surface area contributed by atoms with Crippen molar-refractivity contribution in [2.45, 2.75) is 52.1 Å². The minimum absolute atomic E-state index is 0.133. The quantitative estimate of drug-likeness (QED) is 0.688. The van der Waals surface area contributed by atoms with Gasteiger partial charge >= 0.3 is 0 Å². The van der Waals surface area contributed by atoms with Crippen LogP contribution in [0.1, 0.15) is 50.1 Å². The zero-order chi connectivity index (χ0) is 19.2. The van der Waals surface area contributed by atoms with Crippen LogP contribution in [-0.4, -0.2) is 32.4 Å². The van der Waals surface area contributed by atoms with Gasteiger partial charge < -0.3 is 9.47 Å². The van der Waals surface area contributed by atoms with Gasteiger partial charge in [0.15, 0.2) is 0 Å². The molecular formula is C23H27N3O. The molecule has 0 bridgehead atoms. The maximum Gasteiger partial charge on any atom is 0.223 e. The summed E-state index contributed by atoms with van der Waals surface area (Å²) in [6, 6.07) is 16.9. The normalized spacial score (nSPS) is 17.9. The van der Waals surface area contributed by atoms with Gasteiger partial charge in [-0.25, -0.2) is 4.98 Å². The number of carbonyl (C=O) groups excluding carboxylic acids is 1. The maximum atomic E-state index is 12.6. The Morgan fingerprint density at radius 1 is 1.11 bits per heavy atom. The molecule has 27 heavy (non-hydrogen) atoms. The molecule has 4 rings (SSSR count). The second-order valence-electron chi connectivity index (χ2n) is 8.61. The summed E-state index contributed by atoms with van der Waals surface area (Å²) in [4.78, 5) is 19.6. The van der Waals surface area contributed by atoms with Crippen molar-refractivity contribution in [1.82, 2.24) is 14.5 Å². The van der Waals surface area contributed by atoms with Crippen LogP contribution in [-0.2, 0) is 11.3 Å². The van der Waals surface area contributed by atoms with Crippen molar-refractivity contribution in [2.24, 2.45) is 0 Å². The Labute approximate surface area is 160 Å². The van der Waals surface area contributed by atoms with E-state index in [-0.39, 0.29) is 17.4 Å². The van der Waals surface area contributed by atoms with Gasteiger partial charge in [-0.3, -0.25) is 4.79 Å². The van der Waals surface area contributed by atoms with Crippen LogP contribution >= 0.6 is 0 Å². The second kappa shape index (κ2) is 6.52. The summed E-state index contributed by atoms with van der Waals surface area (Å²) < 4.78 is 2.30. The molecule has 1 aliphatic rings. The van der Waals surface area contributed by atoms with E-state index in [2.05, 4.69) is 74.7 Å². The van der Waals surface area contributed by atoms with Crippen LogP contribution in [0.2, 0.25) is 0 Å². The number of imidazole rings is 1. The summed E-state index contributed by atoms with van der Waals surface area (Å²) in [5, 5.41) is 0. The smallest absolute Gasteiger partial charge is 0.223 e. The third kappa shape index (κ3) is 3.36. The van der Waals surface area contributed by atoms with Gasteiger partial charge in [0, 0.05) is 31.0 Å². The summed E-state index contributed by atoms with van der Waals surface area (Å²) in [5.74, 6) is 1.38. The van der Waals surface area contributed by atoms with Crippen LogP contribution in [0.3, 0.4) is 0 Å². The molecule has 0 N–H and O–H groups in total. The Balaban J connectivity index is 1.76. The van der Waals surface area contributed by atoms with E-state index >= 15 is 0 Å². The van der Waals surface area contributed by atoms with Gasteiger partial charge in [-0.1, -0.05) is 42.0 Å². The van der Waals surface area contributed by atoms with Crippen molar-refractivity contribution in [2.75, 3.05) is 6.54 Å². The Kier molecular flexibility index (Phi) is 4.29. The van der Waals surface area contributed by atoms with Crippen molar-refractivity contribution in [3.63, 3.8) is 0 Å². The van der Waals surface area contributed by atoms with Gasteiger partial charge in [-0.05, 0) is 45.4 Å². The molecule has 140 valence electrons. The minimum Gasteiger partial charge on any atom is -0.337 e. The van der Waals surface area contributed by atoms with E-state index in [1.54, 1.807) is 0 Å². The van der Waals surface area contributed by atoms with Crippen LogP contribution in [0.25, 0.3) is 11.0 Å². The van der Waals surface area contributed by atoms with Crippen molar-refractivity contribution in [3.05, 3.63) is 65.5 Å². The lowest BCUT2D eigenvalue weighted by atomic mass is 10.1. The number of para-hydroxylation sites is 2. The number of aryl methyl sites for hydroxylation is 1. The summed E-state index contributed by atoms with van der Waals surface area (Å²) in [7, 11) is 0. The van der Waals surface area contributed by atoms with Gasteiger partial charge in [-0.2, -0.15) is 0 Å². The van der Waals surface area contributed by atoms with E-state index in [1.165, 1.54) is 11.1 Å². The molecule has 4 heteroatoms. The topological polar surface area (TPSA) is 38.1 Å². The molecule has 0 radical (unpaired) electrons. The largest absolute Gasteiger partial charge is 0.337 e. The highest BCUT2D eigenvalue weighted by atomic mass is 16.2. The van der Waals surface area contributed by atoms with Crippen molar-refractivity contribution in [3.8, 4) is 0 Å². The Morgan fingerprint density at radius 3 is 2.59 bits per heavy atom. The molecule has 1 atom stereocenters. The number of rotatable bonds is 3. The van der Waals surface area contributed by atoms with Crippen LogP contribution < -0.4 is 0 Å². The molecule has 1 amide bonds. The van der Waals surface area contributed by atoms with Crippen LogP contribution in [0.15, 0.2) is 48.5 Å². The first-order valence-electron chi connectivity index (χ1n) is 9.64. The number of aromatic nitrogens is 2. The Morgan fingerprint density at radius 2 is 1.89 bits per heavy atom. The molecule has 2 aromatic carbocycles. The molecule has 0 spiro atoms. The molecule has 1 fully saturated rings. The number of carbonyl (C=O) groups is 1. The van der Waals surface area contributed by atoms with Crippen LogP contribution in [0.4, 0.5) is 0 Å². The predicted octanol–water partition coefficient (Wildman–Crippen LogP) is 4.51. The fourth-order valence-electron chi connectivity index (χ4n) is 4.09. The lowest BCUT2D eigenvalue weighted by Gasteiger charge is -2.32. The summed E-state index contributed by atoms with van der Waals surface area (Å²) >= 11 is 0. The number of amides is 1. The molecule has 0 aliphatic carbocycles. The molecule has 1 aliphatic heterocycles. The van der Waals surface area contributed by atoms with E-state index in [1.807, 2.05) is 11.0 Å². The fourth-order valence-corrected chi connectivity index (χ4v) is 4.09. The zero-order valence-corrected chi connectivity index (χ0v) is 16.6. The lowest BCUT2D eigenvalue weighted by Crippen LogP contribution is -2.42. The van der Waals surface area contributed by atoms with E-state index < -0.39 is 0 Å². The molecular weight excluding hydrogens is 334 g/mol. The lowest BCUT2D eigenvalue weighted by molar-refractivity contribution is -0.131. The van der Waals surface area contributed by atoms with Crippen LogP contribution in [0.5, 0.6) is 0 Å². The molecule has 0 saturated carbocycles. The fraction of sp³-hybridized carbons (Fsp3) is 0.391. The number of fused-ring (bicyclic) bond motifs is 1. The van der Waals surface area contributed by atoms with Gasteiger partial charge in [0.25, 0.3) is 0 Å². The number of nitrogens with zero attached hydrogens (tertiary/aromatic N) is 3. The first-order chi connectivity index (χ1) is 12.8. The average Bonchev–Trinajstić information content (AvgIpc) is 3.16. The van der Waals surface area contributed by atoms with Gasteiger partial charge in [-0.15, -0.1) is 0 Å². The molecule has 3 aromatic rings. The highest BCUT2D eigenvalue weighted by Gasteiger charge is 2.38. The van der Waals surface area contributed by atoms with E-state index in [0.29, 0.717) is 6.42 Å². The summed E-state index contributed by atoms with van der Waals surface area (Å²) in [6.45, 7) is 9.93. The monoisotopic (exact) mass is 361 g/mol. The standard InChI is InChI=1S/C23H27N3O/c1-16-8-7-9-17(12-16)14-25-20-11-6-5-10-19(20)24-22(25)18-13-21(27)26(15-18)23(2,3)4/h5-12,18H,13-15H2,1-4H3/t18-/m1/s1. The number of hydrogen-bond acceptors (Lipinski definition) is 2. The molecule has 1 saturated heterocycles. The predicted molar refractivity (Wildman–Crippen MR) is 109 cm³/mol. The third-order valence-electron chi connectivity index (χ3n) is 5.41. The number of benzene rings is 2. The SMILES string of the molecule is Cc1cccc(Cn2c([C@@H]3CC(=O)N(C(C)(C)C)C3)nc3ccccc32)c1. The summed E-state index contributed by atoms with van der Waals surface area (Å²) in [5.41, 5.74) is 4.50. The Bertz CT molecular complexity index is 996. The molecule has 0 unspecified atom stereocenters. The van der Waals surface area contributed by atoms with E-state index in [9.17, 15) is 4.79 Å². The first kappa shape index (κ1) is 17.8. The van der Waals surface area contributed by atoms with Crippen LogP contribution in [0, 0.1) is 6.92 Å². The summed E-state index contributed by atoms with van der Waals surface area (Å²) in [6.07, 6.45) is 0.536. The number of hydrogen-bond donors (Lipinski definition) is 0. The second-order valence-corrected chi connectivity index (χ2v) is 8.61. The van der Waals surface area contributed by atoms with Crippen molar-refractivity contribution < 1.29 is 4.79 Å². The van der Waals surface area contributed by atoms with Gasteiger partial charge in [0.05, 0.1) is 11.0 Å². The van der Waals surface area contributed by atoms with E-state index in [0.717, 1.165) is 29.9 Å². The minimum atomic E-state index is -0.154. The molecule has 4 nitrogen and oxygen atoms in total. The number of likely N-dealkylation sites (tertiary alicyclic amines) is 1. The average molecular weight is 361 g/mol. The van der Waals surface area contributed by atoms with Crippen molar-refractivity contribution >= 4 is 16.9 Å². The van der Waals surface area contributed by atoms with Gasteiger partial charge in [0.2, 0.25) is 5.91 Å². The molecule has 2 heterocycles. The highest BCUT2D eigenvalue weighted by molar-refractivity contribution is 5.81. The zero-order valence-electron chi connectivity index (χ0n) is 16.6.